The highest BCUT2D eigenvalue weighted by atomic mass is 79.9. The molecular formula is C20H17BrClF6NO. The van der Waals surface area contributed by atoms with Gasteiger partial charge in [-0.1, -0.05) is 39.7 Å². The molecule has 0 fully saturated rings. The van der Waals surface area contributed by atoms with E-state index in [0.717, 1.165) is 10.5 Å². The van der Waals surface area contributed by atoms with Crippen LogP contribution in [-0.2, 0) is 12.4 Å². The fraction of sp³-hybridized carbons (Fsp3) is 0.350. The number of rotatable bonds is 6. The van der Waals surface area contributed by atoms with Gasteiger partial charge >= 0.3 is 12.4 Å². The van der Waals surface area contributed by atoms with Crippen LogP contribution >= 0.6 is 27.5 Å². The molecule has 2 aromatic rings. The van der Waals surface area contributed by atoms with Gasteiger partial charge in [0.1, 0.15) is 0 Å². The maximum atomic E-state index is 13.1. The molecule has 0 aliphatic heterocycles. The number of carbonyl (C=O) groups excluding carboxylic acids is 1. The van der Waals surface area contributed by atoms with Crippen molar-refractivity contribution in [2.75, 3.05) is 18.9 Å². The lowest BCUT2D eigenvalue weighted by atomic mass is 9.95. The van der Waals surface area contributed by atoms with Gasteiger partial charge in [0.05, 0.1) is 11.1 Å². The number of hydrogen-bond donors (Lipinski definition) is 0. The number of hydrogen-bond acceptors (Lipinski definition) is 1. The lowest BCUT2D eigenvalue weighted by Gasteiger charge is -2.25. The van der Waals surface area contributed by atoms with Gasteiger partial charge in [-0.15, -0.1) is 0 Å². The average Bonchev–Trinajstić information content (AvgIpc) is 2.66. The van der Waals surface area contributed by atoms with E-state index in [1.54, 1.807) is 24.3 Å². The van der Waals surface area contributed by atoms with Crippen LogP contribution in [0.5, 0.6) is 0 Å². The Morgan fingerprint density at radius 1 is 1.00 bits per heavy atom. The second-order valence-corrected chi connectivity index (χ2v) is 7.94. The lowest BCUT2D eigenvalue weighted by molar-refractivity contribution is -0.143. The van der Waals surface area contributed by atoms with Crippen molar-refractivity contribution < 1.29 is 31.1 Å². The number of likely N-dealkylation sites (N-methyl/N-ethyl adjacent to an activating group) is 1. The van der Waals surface area contributed by atoms with Crippen LogP contribution in [0.25, 0.3) is 0 Å². The average molecular weight is 517 g/mol. The molecule has 0 spiro atoms. The minimum atomic E-state index is -5.02. The van der Waals surface area contributed by atoms with Gasteiger partial charge in [-0.25, -0.2) is 0 Å². The van der Waals surface area contributed by atoms with E-state index in [2.05, 4.69) is 15.9 Å². The maximum absolute atomic E-state index is 13.1. The molecule has 2 rings (SSSR count). The molecule has 0 aliphatic carbocycles. The molecular weight excluding hydrogens is 500 g/mol. The first-order chi connectivity index (χ1) is 13.8. The molecule has 0 radical (unpaired) electrons. The van der Waals surface area contributed by atoms with Crippen LogP contribution in [0.3, 0.4) is 0 Å². The van der Waals surface area contributed by atoms with E-state index in [-0.39, 0.29) is 18.5 Å². The van der Waals surface area contributed by atoms with Gasteiger partial charge in [0.25, 0.3) is 5.91 Å². The summed E-state index contributed by atoms with van der Waals surface area (Å²) in [4.78, 5) is 13.8. The van der Waals surface area contributed by atoms with E-state index in [1.807, 2.05) is 0 Å². The SMILES string of the molecule is CN(C[C@@H](CCBr)c1ccc(Cl)cc1)C(=O)c1cc(C(F)(F)F)cc(C(F)(F)F)c1. The lowest BCUT2D eigenvalue weighted by Crippen LogP contribution is -2.32. The van der Waals surface area contributed by atoms with E-state index in [1.165, 1.54) is 7.05 Å². The van der Waals surface area contributed by atoms with Crippen LogP contribution < -0.4 is 0 Å². The van der Waals surface area contributed by atoms with Gasteiger partial charge in [0.15, 0.2) is 0 Å². The quantitative estimate of drug-likeness (QED) is 0.298. The third-order valence-electron chi connectivity index (χ3n) is 4.47. The minimum absolute atomic E-state index is 0.00186. The van der Waals surface area contributed by atoms with Crippen LogP contribution in [0.2, 0.25) is 5.02 Å². The van der Waals surface area contributed by atoms with Gasteiger partial charge in [-0.2, -0.15) is 26.3 Å². The van der Waals surface area contributed by atoms with Crippen molar-refractivity contribution in [3.8, 4) is 0 Å². The highest BCUT2D eigenvalue weighted by Gasteiger charge is 2.37. The smallest absolute Gasteiger partial charge is 0.341 e. The van der Waals surface area contributed by atoms with Crippen LogP contribution in [0.1, 0.15) is 39.4 Å². The molecule has 10 heteroatoms. The Labute approximate surface area is 182 Å². The normalized spacial score (nSPS) is 13.2. The predicted molar refractivity (Wildman–Crippen MR) is 106 cm³/mol. The number of halogens is 8. The molecule has 0 saturated heterocycles. The second-order valence-electron chi connectivity index (χ2n) is 6.71. The molecule has 0 aliphatic rings. The molecule has 164 valence electrons. The Kier molecular flexibility index (Phi) is 7.85. The van der Waals surface area contributed by atoms with Crippen molar-refractivity contribution in [2.24, 2.45) is 0 Å². The molecule has 1 amide bonds. The second kappa shape index (κ2) is 9.60. The summed E-state index contributed by atoms with van der Waals surface area (Å²) in [6.45, 7) is 0.101. The van der Waals surface area contributed by atoms with Crippen LogP contribution in [0.15, 0.2) is 42.5 Å². The molecule has 0 heterocycles. The van der Waals surface area contributed by atoms with Crippen molar-refractivity contribution >= 4 is 33.4 Å². The summed E-state index contributed by atoms with van der Waals surface area (Å²) in [5.41, 5.74) is -2.88. The Bertz CT molecular complexity index is 850. The summed E-state index contributed by atoms with van der Waals surface area (Å²) in [6, 6.07) is 7.74. The number of alkyl halides is 7. The van der Waals surface area contributed by atoms with Crippen LogP contribution in [0.4, 0.5) is 26.3 Å². The predicted octanol–water partition coefficient (Wildman–Crippen LogP) is 7.02. The van der Waals surface area contributed by atoms with Crippen molar-refractivity contribution in [3.05, 3.63) is 69.7 Å². The number of nitrogens with zero attached hydrogens (tertiary/aromatic N) is 1. The summed E-state index contributed by atoms with van der Waals surface area (Å²) < 4.78 is 78.3. The Morgan fingerprint density at radius 2 is 1.50 bits per heavy atom. The van der Waals surface area contributed by atoms with Gasteiger partial charge in [-0.05, 0) is 42.3 Å². The first-order valence-corrected chi connectivity index (χ1v) is 10.2. The topological polar surface area (TPSA) is 20.3 Å². The Balaban J connectivity index is 2.34. The Morgan fingerprint density at radius 3 is 1.93 bits per heavy atom. The van der Waals surface area contributed by atoms with E-state index in [9.17, 15) is 31.1 Å². The molecule has 1 atom stereocenters. The third kappa shape index (κ3) is 6.38. The van der Waals surface area contributed by atoms with E-state index in [4.69, 9.17) is 11.6 Å². The molecule has 0 aromatic heterocycles. The zero-order chi connectivity index (χ0) is 22.7. The van der Waals surface area contributed by atoms with E-state index >= 15 is 0 Å². The first-order valence-electron chi connectivity index (χ1n) is 8.69. The fourth-order valence-corrected chi connectivity index (χ4v) is 3.62. The molecule has 2 aromatic carbocycles. The maximum Gasteiger partial charge on any atom is 0.416 e. The van der Waals surface area contributed by atoms with Gasteiger partial charge in [-0.3, -0.25) is 4.79 Å². The van der Waals surface area contributed by atoms with Crippen molar-refractivity contribution in [1.29, 1.82) is 0 Å². The standard InChI is InChI=1S/C20H17BrClF6NO/c1-29(11-13(6-7-21)12-2-4-17(22)5-3-12)18(30)14-8-15(19(23,24)25)10-16(9-14)20(26,27)28/h2-5,8-10,13H,6-7,11H2,1H3/t13-/m1/s1. The highest BCUT2D eigenvalue weighted by Crippen LogP contribution is 2.36. The summed E-state index contributed by atoms with van der Waals surface area (Å²) in [7, 11) is 1.34. The van der Waals surface area contributed by atoms with Crippen molar-refractivity contribution in [3.63, 3.8) is 0 Å². The van der Waals surface area contributed by atoms with Crippen molar-refractivity contribution in [1.82, 2.24) is 4.90 Å². The van der Waals surface area contributed by atoms with E-state index in [0.29, 0.717) is 28.9 Å². The first kappa shape index (κ1) is 24.5. The molecule has 0 N–H and O–H groups in total. The molecule has 0 unspecified atom stereocenters. The summed E-state index contributed by atoms with van der Waals surface area (Å²) in [5.74, 6) is -1.12. The van der Waals surface area contributed by atoms with E-state index < -0.39 is 35.0 Å². The highest BCUT2D eigenvalue weighted by molar-refractivity contribution is 9.09. The van der Waals surface area contributed by atoms with Gasteiger partial charge in [0.2, 0.25) is 0 Å². The molecule has 0 saturated carbocycles. The zero-order valence-electron chi connectivity index (χ0n) is 15.6. The number of amides is 1. The monoisotopic (exact) mass is 515 g/mol. The fourth-order valence-electron chi connectivity index (χ4n) is 2.94. The zero-order valence-corrected chi connectivity index (χ0v) is 18.0. The summed E-state index contributed by atoms with van der Waals surface area (Å²) >= 11 is 9.19. The summed E-state index contributed by atoms with van der Waals surface area (Å²) in [5, 5.41) is 1.11. The Hall–Kier alpha value is -1.74. The number of carbonyl (C=O) groups is 1. The summed E-state index contributed by atoms with van der Waals surface area (Å²) in [6.07, 6.45) is -9.44. The molecule has 30 heavy (non-hydrogen) atoms. The van der Waals surface area contributed by atoms with Gasteiger partial charge < -0.3 is 4.90 Å². The largest absolute Gasteiger partial charge is 0.416 e. The third-order valence-corrected chi connectivity index (χ3v) is 5.18. The van der Waals surface area contributed by atoms with Crippen LogP contribution in [-0.4, -0.2) is 29.7 Å². The van der Waals surface area contributed by atoms with Crippen molar-refractivity contribution in [2.45, 2.75) is 24.7 Å². The minimum Gasteiger partial charge on any atom is -0.341 e. The number of benzene rings is 2. The van der Waals surface area contributed by atoms with Gasteiger partial charge in [0, 0.05) is 35.4 Å². The molecule has 0 bridgehead atoms. The molecule has 2 nitrogen and oxygen atoms in total. The van der Waals surface area contributed by atoms with Crippen LogP contribution in [0, 0.1) is 0 Å².